The maximum atomic E-state index is 13.4. The number of likely N-dealkylation sites (N-methyl/N-ethyl adjacent to an activating group) is 1. The molecule has 1 fully saturated rings. The van der Waals surface area contributed by atoms with Crippen LogP contribution in [0.2, 0.25) is 5.02 Å². The van der Waals surface area contributed by atoms with Gasteiger partial charge in [-0.3, -0.25) is 4.79 Å². The third-order valence-electron chi connectivity index (χ3n) is 6.29. The Morgan fingerprint density at radius 1 is 1.15 bits per heavy atom. The maximum Gasteiger partial charge on any atom is 0.231 e. The van der Waals surface area contributed by atoms with Gasteiger partial charge in [0.15, 0.2) is 0 Å². The second-order valence-electron chi connectivity index (χ2n) is 8.83. The van der Waals surface area contributed by atoms with E-state index in [0.29, 0.717) is 44.2 Å². The Hall–Kier alpha value is -2.22. The molecule has 0 bridgehead atoms. The van der Waals surface area contributed by atoms with E-state index in [9.17, 15) is 9.90 Å². The van der Waals surface area contributed by atoms with Gasteiger partial charge in [-0.2, -0.15) is 0 Å². The Morgan fingerprint density at radius 2 is 1.79 bits per heavy atom. The van der Waals surface area contributed by atoms with Crippen molar-refractivity contribution in [3.05, 3.63) is 52.4 Å². The van der Waals surface area contributed by atoms with Crippen molar-refractivity contribution in [2.45, 2.75) is 45.1 Å². The molecule has 1 aliphatic carbocycles. The number of hydrogen-bond donors (Lipinski definition) is 1. The van der Waals surface area contributed by atoms with E-state index in [2.05, 4.69) is 21.8 Å². The van der Waals surface area contributed by atoms with Gasteiger partial charge in [-0.05, 0) is 44.1 Å². The average Bonchev–Trinajstić information content (AvgIpc) is 3.12. The maximum absolute atomic E-state index is 13.4. The normalized spacial score (nSPS) is 20.8. The van der Waals surface area contributed by atoms with Crippen molar-refractivity contribution in [3.63, 3.8) is 0 Å². The minimum Gasteiger partial charge on any atom is -0.387 e. The van der Waals surface area contributed by atoms with Crippen LogP contribution in [0.15, 0.2) is 30.6 Å². The molecule has 8 heteroatoms. The van der Waals surface area contributed by atoms with E-state index in [1.165, 1.54) is 0 Å². The lowest BCUT2D eigenvalue weighted by atomic mass is 9.96. The van der Waals surface area contributed by atoms with Crippen molar-refractivity contribution in [3.8, 4) is 0 Å². The first kappa shape index (κ1) is 25.4. The highest BCUT2D eigenvalue weighted by Crippen LogP contribution is 2.42. The van der Waals surface area contributed by atoms with E-state index < -0.39 is 6.10 Å². The zero-order valence-corrected chi connectivity index (χ0v) is 21.1. The number of halogens is 1. The summed E-state index contributed by atoms with van der Waals surface area (Å²) in [5.74, 6) is 1.06. The minimum atomic E-state index is -0.513. The molecule has 1 aromatic carbocycles. The van der Waals surface area contributed by atoms with E-state index in [1.807, 2.05) is 62.0 Å². The Labute approximate surface area is 202 Å². The first-order valence-corrected chi connectivity index (χ1v) is 12.2. The summed E-state index contributed by atoms with van der Waals surface area (Å²) in [6.45, 7) is 9.48. The predicted molar refractivity (Wildman–Crippen MR) is 133 cm³/mol. The van der Waals surface area contributed by atoms with E-state index >= 15 is 0 Å². The number of nitrogens with zero attached hydrogens (tertiary/aromatic N) is 5. The zero-order chi connectivity index (χ0) is 24.1. The molecule has 1 aromatic heterocycles. The molecule has 1 N–H and O–H groups in total. The van der Waals surface area contributed by atoms with Crippen LogP contribution in [-0.4, -0.2) is 77.6 Å². The number of aromatic nitrogens is 2. The van der Waals surface area contributed by atoms with Crippen LogP contribution in [0.3, 0.4) is 0 Å². The van der Waals surface area contributed by atoms with E-state index in [0.717, 1.165) is 22.6 Å². The van der Waals surface area contributed by atoms with Gasteiger partial charge in [-0.25, -0.2) is 9.97 Å². The van der Waals surface area contributed by atoms with Crippen LogP contribution in [0.25, 0.3) is 0 Å². The molecule has 33 heavy (non-hydrogen) atoms. The fourth-order valence-corrected chi connectivity index (χ4v) is 4.83. The number of aliphatic hydroxyl groups excluding tert-OH is 1. The van der Waals surface area contributed by atoms with Crippen LogP contribution in [0.1, 0.15) is 62.0 Å². The van der Waals surface area contributed by atoms with E-state index in [-0.39, 0.29) is 17.7 Å². The molecule has 0 radical (unpaired) electrons. The lowest BCUT2D eigenvalue weighted by molar-refractivity contribution is -0.133. The number of aliphatic hydroxyl groups is 1. The van der Waals surface area contributed by atoms with E-state index in [4.69, 9.17) is 11.6 Å². The van der Waals surface area contributed by atoms with Gasteiger partial charge in [-0.15, -0.1) is 0 Å². The Bertz CT molecular complexity index is 929. The summed E-state index contributed by atoms with van der Waals surface area (Å²) in [4.78, 5) is 28.5. The van der Waals surface area contributed by atoms with Crippen molar-refractivity contribution >= 4 is 23.3 Å². The van der Waals surface area contributed by atoms with Crippen LogP contribution in [0, 0.1) is 0 Å². The number of piperazine rings is 1. The molecule has 1 saturated heterocycles. The zero-order valence-electron chi connectivity index (χ0n) is 20.3. The van der Waals surface area contributed by atoms with Gasteiger partial charge in [0, 0.05) is 43.3 Å². The fraction of sp³-hybridized carbons (Fsp3) is 0.560. The molecule has 1 amide bonds. The molecule has 0 unspecified atom stereocenters. The second-order valence-corrected chi connectivity index (χ2v) is 9.26. The number of fused-ring (bicyclic) bond motifs is 1. The van der Waals surface area contributed by atoms with Crippen molar-refractivity contribution in [2.75, 3.05) is 51.7 Å². The molecule has 0 saturated carbocycles. The van der Waals surface area contributed by atoms with Crippen LogP contribution in [-0.2, 0) is 4.79 Å². The Kier molecular flexibility index (Phi) is 8.68. The molecule has 1 aliphatic heterocycles. The highest BCUT2D eigenvalue weighted by atomic mass is 35.5. The summed E-state index contributed by atoms with van der Waals surface area (Å²) in [5, 5.41) is 10.9. The minimum absolute atomic E-state index is 0.146. The molecule has 2 aliphatic rings. The quantitative estimate of drug-likeness (QED) is 0.714. The summed E-state index contributed by atoms with van der Waals surface area (Å²) >= 11 is 6.05. The van der Waals surface area contributed by atoms with Crippen LogP contribution < -0.4 is 4.90 Å². The largest absolute Gasteiger partial charge is 0.387 e. The van der Waals surface area contributed by atoms with Crippen LogP contribution in [0.4, 0.5) is 5.82 Å². The third-order valence-corrected chi connectivity index (χ3v) is 6.54. The van der Waals surface area contributed by atoms with Gasteiger partial charge >= 0.3 is 0 Å². The van der Waals surface area contributed by atoms with Crippen molar-refractivity contribution < 1.29 is 9.90 Å². The molecule has 180 valence electrons. The van der Waals surface area contributed by atoms with Gasteiger partial charge in [0.1, 0.15) is 12.1 Å². The standard InChI is InChI=1S/C23H30ClN5O2.C2H6/c1-15-12-19(30)21-20(15)22(26-14-25-21)28-8-10-29(11-9-28)23(31)18(13-27(2)3)16-4-6-17(24)7-5-16;1-2/h4-7,14-15,18-19,30H,8-13H2,1-3H3;1-2H3/t15-,18-,19-;/m1./s1. The Balaban J connectivity index is 0.00000149. The lowest BCUT2D eigenvalue weighted by Crippen LogP contribution is -2.51. The molecular weight excluding hydrogens is 438 g/mol. The average molecular weight is 474 g/mol. The Morgan fingerprint density at radius 3 is 2.39 bits per heavy atom. The van der Waals surface area contributed by atoms with E-state index in [1.54, 1.807) is 6.33 Å². The van der Waals surface area contributed by atoms with Crippen LogP contribution in [0.5, 0.6) is 0 Å². The van der Waals surface area contributed by atoms with Gasteiger partial charge < -0.3 is 19.8 Å². The van der Waals surface area contributed by atoms with Crippen molar-refractivity contribution in [2.24, 2.45) is 0 Å². The number of carbonyl (C=O) groups is 1. The van der Waals surface area contributed by atoms with Crippen molar-refractivity contribution in [1.29, 1.82) is 0 Å². The topological polar surface area (TPSA) is 72.8 Å². The summed E-state index contributed by atoms with van der Waals surface area (Å²) in [6.07, 6.45) is 1.72. The highest BCUT2D eigenvalue weighted by Gasteiger charge is 2.35. The molecule has 3 atom stereocenters. The lowest BCUT2D eigenvalue weighted by Gasteiger charge is -2.38. The molecule has 7 nitrogen and oxygen atoms in total. The number of benzene rings is 1. The van der Waals surface area contributed by atoms with Gasteiger partial charge in [0.05, 0.1) is 17.7 Å². The summed E-state index contributed by atoms with van der Waals surface area (Å²) in [5.41, 5.74) is 2.80. The number of carbonyl (C=O) groups excluding carboxylic acids is 1. The predicted octanol–water partition coefficient (Wildman–Crippen LogP) is 3.69. The first-order valence-electron chi connectivity index (χ1n) is 11.8. The number of amides is 1. The molecule has 0 spiro atoms. The fourth-order valence-electron chi connectivity index (χ4n) is 4.70. The highest BCUT2D eigenvalue weighted by molar-refractivity contribution is 6.30. The molecule has 4 rings (SSSR count). The SMILES string of the molecule is CC.C[C@@H]1C[C@@H](O)c2ncnc(N3CCN(C(=O)[C@H](CN(C)C)c4ccc(Cl)cc4)CC3)c21. The van der Waals surface area contributed by atoms with Crippen LogP contribution >= 0.6 is 11.6 Å². The summed E-state index contributed by atoms with van der Waals surface area (Å²) < 4.78 is 0. The number of anilines is 1. The third kappa shape index (κ3) is 5.65. The molecular formula is C25H36ClN5O2. The van der Waals surface area contributed by atoms with Gasteiger partial charge in [-0.1, -0.05) is 44.5 Å². The summed E-state index contributed by atoms with van der Waals surface area (Å²) in [7, 11) is 3.97. The first-order chi connectivity index (χ1) is 15.8. The molecule has 2 heterocycles. The van der Waals surface area contributed by atoms with Gasteiger partial charge in [0.25, 0.3) is 0 Å². The molecule has 2 aromatic rings. The van der Waals surface area contributed by atoms with Crippen molar-refractivity contribution in [1.82, 2.24) is 19.8 Å². The number of rotatable bonds is 5. The summed E-state index contributed by atoms with van der Waals surface area (Å²) in [6, 6.07) is 7.58. The van der Waals surface area contributed by atoms with Gasteiger partial charge in [0.2, 0.25) is 5.91 Å². The smallest absolute Gasteiger partial charge is 0.231 e. The number of hydrogen-bond acceptors (Lipinski definition) is 6. The monoisotopic (exact) mass is 473 g/mol. The second kappa shape index (κ2) is 11.3.